The number of nitrogens with one attached hydrogen (secondary N) is 2. The van der Waals surface area contributed by atoms with E-state index in [4.69, 9.17) is 0 Å². The van der Waals surface area contributed by atoms with E-state index in [1.54, 1.807) is 7.05 Å². The number of anilines is 1. The third-order valence-corrected chi connectivity index (χ3v) is 2.06. The number of benzene rings is 1. The van der Waals surface area contributed by atoms with Gasteiger partial charge in [0.2, 0.25) is 0 Å². The Kier molecular flexibility index (Phi) is 4.16. The summed E-state index contributed by atoms with van der Waals surface area (Å²) in [6.07, 6.45) is 1.03. The quantitative estimate of drug-likeness (QED) is 0.784. The Morgan fingerprint density at radius 3 is 2.73 bits per heavy atom. The fourth-order valence-corrected chi connectivity index (χ4v) is 1.44. The Balaban J connectivity index is 2.69. The van der Waals surface area contributed by atoms with Crippen LogP contribution in [-0.4, -0.2) is 13.1 Å². The fraction of sp³-hybridized carbons (Fsp3) is 0.417. The first-order valence-electron chi connectivity index (χ1n) is 5.19. The first kappa shape index (κ1) is 11.6. The van der Waals surface area contributed by atoms with Gasteiger partial charge in [-0.2, -0.15) is 0 Å². The first-order chi connectivity index (χ1) is 7.11. The predicted octanol–water partition coefficient (Wildman–Crippen LogP) is 2.64. The summed E-state index contributed by atoms with van der Waals surface area (Å²) in [7, 11) is 1.60. The standard InChI is InChI=1S/C12H18N2O/c1-9(2)7-10-5-4-6-11(8-10)14-12(15)13-3/h4-6,8-9H,7H2,1-3H3,(H2,13,14,15). The minimum Gasteiger partial charge on any atom is -0.341 e. The molecule has 15 heavy (non-hydrogen) atoms. The minimum atomic E-state index is -0.184. The van der Waals surface area contributed by atoms with E-state index in [0.717, 1.165) is 12.1 Å². The van der Waals surface area contributed by atoms with Gasteiger partial charge in [-0.15, -0.1) is 0 Å². The van der Waals surface area contributed by atoms with E-state index in [1.807, 2.05) is 18.2 Å². The zero-order chi connectivity index (χ0) is 11.3. The zero-order valence-corrected chi connectivity index (χ0v) is 9.50. The van der Waals surface area contributed by atoms with Gasteiger partial charge in [0.15, 0.2) is 0 Å². The van der Waals surface area contributed by atoms with Crippen molar-refractivity contribution >= 4 is 11.7 Å². The monoisotopic (exact) mass is 206 g/mol. The Morgan fingerprint density at radius 2 is 2.13 bits per heavy atom. The number of carbonyl (C=O) groups excluding carboxylic acids is 1. The van der Waals surface area contributed by atoms with Crippen LogP contribution >= 0.6 is 0 Å². The average molecular weight is 206 g/mol. The molecule has 1 rings (SSSR count). The summed E-state index contributed by atoms with van der Waals surface area (Å²) in [6, 6.07) is 7.75. The van der Waals surface area contributed by atoms with Crippen molar-refractivity contribution in [1.82, 2.24) is 5.32 Å². The highest BCUT2D eigenvalue weighted by atomic mass is 16.2. The van der Waals surface area contributed by atoms with Gasteiger partial charge in [-0.1, -0.05) is 26.0 Å². The number of urea groups is 1. The van der Waals surface area contributed by atoms with E-state index in [2.05, 4.69) is 30.5 Å². The lowest BCUT2D eigenvalue weighted by atomic mass is 10.0. The van der Waals surface area contributed by atoms with Crippen LogP contribution in [0.2, 0.25) is 0 Å². The molecule has 0 heterocycles. The van der Waals surface area contributed by atoms with Crippen molar-refractivity contribution in [1.29, 1.82) is 0 Å². The third-order valence-electron chi connectivity index (χ3n) is 2.06. The van der Waals surface area contributed by atoms with Gasteiger partial charge in [0, 0.05) is 12.7 Å². The van der Waals surface area contributed by atoms with E-state index in [-0.39, 0.29) is 6.03 Å². The SMILES string of the molecule is CNC(=O)Nc1cccc(CC(C)C)c1. The molecule has 2 amide bonds. The van der Waals surface area contributed by atoms with Crippen LogP contribution in [0.3, 0.4) is 0 Å². The molecule has 0 aromatic heterocycles. The van der Waals surface area contributed by atoms with Crippen molar-refractivity contribution in [3.63, 3.8) is 0 Å². The van der Waals surface area contributed by atoms with Gasteiger partial charge >= 0.3 is 6.03 Å². The van der Waals surface area contributed by atoms with Crippen LogP contribution in [0.4, 0.5) is 10.5 Å². The number of amides is 2. The molecule has 0 aliphatic carbocycles. The van der Waals surface area contributed by atoms with E-state index in [9.17, 15) is 4.79 Å². The second-order valence-electron chi connectivity index (χ2n) is 4.00. The molecule has 0 atom stereocenters. The smallest absolute Gasteiger partial charge is 0.318 e. The lowest BCUT2D eigenvalue weighted by Crippen LogP contribution is -2.24. The number of rotatable bonds is 3. The highest BCUT2D eigenvalue weighted by Gasteiger charge is 2.01. The molecule has 1 aromatic rings. The lowest BCUT2D eigenvalue weighted by Gasteiger charge is -2.08. The van der Waals surface area contributed by atoms with Crippen LogP contribution in [0.5, 0.6) is 0 Å². The Hall–Kier alpha value is -1.51. The highest BCUT2D eigenvalue weighted by Crippen LogP contribution is 2.13. The second-order valence-corrected chi connectivity index (χ2v) is 4.00. The summed E-state index contributed by atoms with van der Waals surface area (Å²) < 4.78 is 0. The Morgan fingerprint density at radius 1 is 1.40 bits per heavy atom. The molecule has 0 radical (unpaired) electrons. The van der Waals surface area contributed by atoms with Gasteiger partial charge in [0.05, 0.1) is 0 Å². The van der Waals surface area contributed by atoms with Crippen molar-refractivity contribution < 1.29 is 4.79 Å². The van der Waals surface area contributed by atoms with Crippen LogP contribution in [-0.2, 0) is 6.42 Å². The number of carbonyl (C=O) groups is 1. The minimum absolute atomic E-state index is 0.184. The fourth-order valence-electron chi connectivity index (χ4n) is 1.44. The van der Waals surface area contributed by atoms with E-state index >= 15 is 0 Å². The van der Waals surface area contributed by atoms with Crippen LogP contribution in [0.1, 0.15) is 19.4 Å². The van der Waals surface area contributed by atoms with Crippen molar-refractivity contribution in [2.24, 2.45) is 5.92 Å². The van der Waals surface area contributed by atoms with E-state index in [1.165, 1.54) is 5.56 Å². The molecule has 0 aliphatic rings. The van der Waals surface area contributed by atoms with Crippen LogP contribution in [0.25, 0.3) is 0 Å². The van der Waals surface area contributed by atoms with Crippen molar-refractivity contribution in [3.8, 4) is 0 Å². The summed E-state index contributed by atoms with van der Waals surface area (Å²) in [5.41, 5.74) is 2.09. The second kappa shape index (κ2) is 5.39. The van der Waals surface area contributed by atoms with Crippen LogP contribution in [0.15, 0.2) is 24.3 Å². The molecule has 0 bridgehead atoms. The first-order valence-corrected chi connectivity index (χ1v) is 5.19. The third kappa shape index (κ3) is 4.02. The molecular formula is C12H18N2O. The average Bonchev–Trinajstić information content (AvgIpc) is 2.17. The molecule has 0 unspecified atom stereocenters. The molecule has 3 nitrogen and oxygen atoms in total. The van der Waals surface area contributed by atoms with Crippen molar-refractivity contribution in [2.45, 2.75) is 20.3 Å². The molecule has 0 saturated heterocycles. The van der Waals surface area contributed by atoms with Gasteiger partial charge in [0.25, 0.3) is 0 Å². The van der Waals surface area contributed by atoms with Crippen LogP contribution in [0, 0.1) is 5.92 Å². The maximum absolute atomic E-state index is 11.1. The summed E-state index contributed by atoms with van der Waals surface area (Å²) in [6.45, 7) is 4.36. The molecular weight excluding hydrogens is 188 g/mol. The molecule has 1 aromatic carbocycles. The Labute approximate surface area is 90.9 Å². The lowest BCUT2D eigenvalue weighted by molar-refractivity contribution is 0.254. The van der Waals surface area contributed by atoms with E-state index < -0.39 is 0 Å². The maximum atomic E-state index is 11.1. The summed E-state index contributed by atoms with van der Waals surface area (Å²) in [4.78, 5) is 11.1. The Bertz CT molecular complexity index is 334. The van der Waals surface area contributed by atoms with E-state index in [0.29, 0.717) is 5.92 Å². The van der Waals surface area contributed by atoms with Crippen molar-refractivity contribution in [2.75, 3.05) is 12.4 Å². The van der Waals surface area contributed by atoms with Gasteiger partial charge in [0.1, 0.15) is 0 Å². The molecule has 3 heteroatoms. The zero-order valence-electron chi connectivity index (χ0n) is 9.50. The normalized spacial score (nSPS) is 10.1. The van der Waals surface area contributed by atoms with Gasteiger partial charge in [-0.3, -0.25) is 0 Å². The molecule has 0 spiro atoms. The number of hydrogen-bond donors (Lipinski definition) is 2. The number of hydrogen-bond acceptors (Lipinski definition) is 1. The van der Waals surface area contributed by atoms with Crippen molar-refractivity contribution in [3.05, 3.63) is 29.8 Å². The summed E-state index contributed by atoms with van der Waals surface area (Å²) >= 11 is 0. The van der Waals surface area contributed by atoms with Gasteiger partial charge < -0.3 is 10.6 Å². The molecule has 0 saturated carbocycles. The molecule has 2 N–H and O–H groups in total. The van der Waals surface area contributed by atoms with Crippen LogP contribution < -0.4 is 10.6 Å². The summed E-state index contributed by atoms with van der Waals surface area (Å²) in [5.74, 6) is 0.625. The largest absolute Gasteiger partial charge is 0.341 e. The topological polar surface area (TPSA) is 41.1 Å². The van der Waals surface area contributed by atoms with Gasteiger partial charge in [-0.25, -0.2) is 4.79 Å². The summed E-state index contributed by atoms with van der Waals surface area (Å²) in [5, 5.41) is 5.28. The molecule has 0 aliphatic heterocycles. The maximum Gasteiger partial charge on any atom is 0.318 e. The molecule has 0 fully saturated rings. The highest BCUT2D eigenvalue weighted by molar-refractivity contribution is 5.89. The molecule has 82 valence electrons. The predicted molar refractivity (Wildman–Crippen MR) is 63.1 cm³/mol. The van der Waals surface area contributed by atoms with Gasteiger partial charge in [-0.05, 0) is 30.0 Å².